The van der Waals surface area contributed by atoms with E-state index >= 15 is 0 Å². The Morgan fingerprint density at radius 2 is 1.11 bits per heavy atom. The van der Waals surface area contributed by atoms with E-state index in [1.165, 1.54) is 70.6 Å². The molecule has 0 aromatic rings. The smallest absolute Gasteiger partial charge is 0.790 e. The van der Waals surface area contributed by atoms with Crippen LogP contribution in [0.2, 0.25) is 0 Å². The van der Waals surface area contributed by atoms with Crippen molar-refractivity contribution in [1.29, 1.82) is 0 Å². The molecule has 0 aliphatic rings. The molecule has 152 valence electrons. The van der Waals surface area contributed by atoms with E-state index < -0.39 is 13.9 Å². The maximum absolute atomic E-state index is 10.8. The van der Waals surface area contributed by atoms with Crippen LogP contribution >= 0.6 is 7.82 Å². The van der Waals surface area contributed by atoms with Crippen molar-refractivity contribution in [1.82, 2.24) is 0 Å². The van der Waals surface area contributed by atoms with Crippen molar-refractivity contribution in [2.24, 2.45) is 5.92 Å². The Hall–Kier alpha value is 3.38. The number of hydrogen-bond donors (Lipinski definition) is 0. The van der Waals surface area contributed by atoms with Crippen LogP contribution in [0, 0.1) is 5.92 Å². The Bertz CT molecular complexity index is 338. The van der Waals surface area contributed by atoms with Gasteiger partial charge in [-0.3, -0.25) is 0 Å². The number of phosphoric acid groups is 1. The van der Waals surface area contributed by atoms with Crippen molar-refractivity contribution in [3.05, 3.63) is 0 Å². The van der Waals surface area contributed by atoms with Crippen LogP contribution in [0.5, 0.6) is 0 Å². The third-order valence-corrected chi connectivity index (χ3v) is 5.20. The van der Waals surface area contributed by atoms with Gasteiger partial charge in [0.15, 0.2) is 0 Å². The quantitative estimate of drug-likeness (QED) is 0.162. The molecule has 0 fully saturated rings. The van der Waals surface area contributed by atoms with Gasteiger partial charge in [-0.15, -0.1) is 0 Å². The topological polar surface area (TPSA) is 72.4 Å². The molecule has 1 atom stereocenters. The monoisotopic (exact) mass is 454 g/mol. The molecule has 0 rings (SSSR count). The molecule has 1 unspecified atom stereocenters. The Balaban J connectivity index is -0.00000288. The predicted molar refractivity (Wildman–Crippen MR) is 102 cm³/mol. The fourth-order valence-corrected chi connectivity index (χ4v) is 3.87. The molecule has 0 aromatic carbocycles. The average Bonchev–Trinajstić information content (AvgIpc) is 2.49. The van der Waals surface area contributed by atoms with Crippen LogP contribution in [0.15, 0.2) is 0 Å². The summed E-state index contributed by atoms with van der Waals surface area (Å²) in [4.78, 5) is 21.6. The normalized spacial score (nSPS) is 12.5. The fourth-order valence-electron chi connectivity index (χ4n) is 3.31. The summed E-state index contributed by atoms with van der Waals surface area (Å²) >= 11 is 0. The van der Waals surface area contributed by atoms with Gasteiger partial charge in [0.1, 0.15) is 0 Å². The second-order valence-electron chi connectivity index (χ2n) is 7.84. The Morgan fingerprint density at radius 1 is 0.741 bits per heavy atom. The average molecular weight is 455 g/mol. The molecule has 4 nitrogen and oxygen atoms in total. The first-order chi connectivity index (χ1) is 11.8. The van der Waals surface area contributed by atoms with Crippen molar-refractivity contribution < 1.29 is 122 Å². The number of unbranched alkanes of at least 4 members (excludes halogenated alkanes) is 12. The van der Waals surface area contributed by atoms with Gasteiger partial charge in [0.2, 0.25) is 0 Å². The van der Waals surface area contributed by atoms with Gasteiger partial charge >= 0.3 is 103 Å². The third-order valence-electron chi connectivity index (χ3n) is 4.64. The zero-order chi connectivity index (χ0) is 19.0. The summed E-state index contributed by atoms with van der Waals surface area (Å²) in [5.74, 6) is 0.332. The fraction of sp³-hybridized carbons (Fsp3) is 1.00. The predicted octanol–water partition coefficient (Wildman–Crippen LogP) is -0.264. The van der Waals surface area contributed by atoms with Gasteiger partial charge in [-0.25, -0.2) is 0 Å². The SMILES string of the molecule is CCCCCCCCCCCCCCCC(CC(C)C)OP(=O)([O-])[O-].[K+].[K+]. The van der Waals surface area contributed by atoms with Crippen LogP contribution in [0.25, 0.3) is 0 Å². The first-order valence-electron chi connectivity index (χ1n) is 10.6. The minimum absolute atomic E-state index is 0. The molecule has 0 aromatic heterocycles. The van der Waals surface area contributed by atoms with Gasteiger partial charge in [-0.05, 0) is 18.8 Å². The molecule has 0 bridgehead atoms. The van der Waals surface area contributed by atoms with E-state index in [0.29, 0.717) is 18.8 Å². The third kappa shape index (κ3) is 29.4. The minimum atomic E-state index is -4.86. The van der Waals surface area contributed by atoms with Gasteiger partial charge in [0.05, 0.1) is 13.9 Å². The van der Waals surface area contributed by atoms with Crippen molar-refractivity contribution in [3.8, 4) is 0 Å². The standard InChI is InChI=1S/C20H43O4P.2K/c1-4-5-6-7-8-9-10-11-12-13-14-15-16-17-20(18-19(2)3)24-25(21,22)23;;/h19-20H,4-18H2,1-3H3,(H2,21,22,23);;/q;2*+1/p-2. The Kier molecular flexibility index (Phi) is 31.1. The van der Waals surface area contributed by atoms with Crippen molar-refractivity contribution in [2.45, 2.75) is 123 Å². The Morgan fingerprint density at radius 3 is 1.44 bits per heavy atom. The van der Waals surface area contributed by atoms with Crippen LogP contribution in [0.3, 0.4) is 0 Å². The van der Waals surface area contributed by atoms with E-state index in [0.717, 1.165) is 12.8 Å². The van der Waals surface area contributed by atoms with E-state index in [1.54, 1.807) is 0 Å². The van der Waals surface area contributed by atoms with E-state index in [2.05, 4.69) is 6.92 Å². The molecule has 27 heavy (non-hydrogen) atoms. The van der Waals surface area contributed by atoms with Crippen molar-refractivity contribution in [3.63, 3.8) is 0 Å². The molecule has 7 heteroatoms. The summed E-state index contributed by atoms with van der Waals surface area (Å²) < 4.78 is 15.5. The van der Waals surface area contributed by atoms with E-state index in [9.17, 15) is 14.4 Å². The van der Waals surface area contributed by atoms with Gasteiger partial charge < -0.3 is 18.9 Å². The second kappa shape index (κ2) is 24.0. The largest absolute Gasteiger partial charge is 1.00 e. The van der Waals surface area contributed by atoms with Crippen LogP contribution in [0.4, 0.5) is 0 Å². The molecular weight excluding hydrogens is 413 g/mol. The van der Waals surface area contributed by atoms with Crippen molar-refractivity contribution >= 4 is 7.82 Å². The summed E-state index contributed by atoms with van der Waals surface area (Å²) in [6.07, 6.45) is 17.6. The minimum Gasteiger partial charge on any atom is -0.790 e. The van der Waals surface area contributed by atoms with E-state index in [-0.39, 0.29) is 103 Å². The molecule has 0 amide bonds. The van der Waals surface area contributed by atoms with Crippen LogP contribution in [-0.4, -0.2) is 6.10 Å². The molecule has 0 radical (unpaired) electrons. The van der Waals surface area contributed by atoms with Crippen LogP contribution in [0.1, 0.15) is 117 Å². The summed E-state index contributed by atoms with van der Waals surface area (Å²) in [5, 5.41) is 0. The summed E-state index contributed by atoms with van der Waals surface area (Å²) in [7, 11) is -4.86. The molecular formula is C20H41K2O4P. The number of hydrogen-bond acceptors (Lipinski definition) is 4. The molecule has 0 saturated heterocycles. The van der Waals surface area contributed by atoms with Crippen LogP contribution < -0.4 is 113 Å². The Labute approximate surface area is 254 Å². The molecule has 0 aliphatic heterocycles. The maximum Gasteiger partial charge on any atom is 1.00 e. The second-order valence-corrected chi connectivity index (χ2v) is 8.94. The van der Waals surface area contributed by atoms with Crippen LogP contribution in [-0.2, 0) is 9.09 Å². The molecule has 0 spiro atoms. The number of phosphoric ester groups is 1. The molecule has 0 N–H and O–H groups in total. The number of rotatable bonds is 18. The zero-order valence-corrected chi connectivity index (χ0v) is 26.0. The molecule has 0 saturated carbocycles. The maximum atomic E-state index is 10.8. The summed E-state index contributed by atoms with van der Waals surface area (Å²) in [5.41, 5.74) is 0. The van der Waals surface area contributed by atoms with Gasteiger partial charge in [0.25, 0.3) is 0 Å². The zero-order valence-electron chi connectivity index (χ0n) is 18.8. The summed E-state index contributed by atoms with van der Waals surface area (Å²) in [6.45, 7) is 6.28. The van der Waals surface area contributed by atoms with E-state index in [4.69, 9.17) is 4.52 Å². The van der Waals surface area contributed by atoms with Crippen molar-refractivity contribution in [2.75, 3.05) is 0 Å². The van der Waals surface area contributed by atoms with Gasteiger partial charge in [0, 0.05) is 0 Å². The van der Waals surface area contributed by atoms with Gasteiger partial charge in [-0.1, -0.05) is 104 Å². The van der Waals surface area contributed by atoms with E-state index in [1.807, 2.05) is 13.8 Å². The summed E-state index contributed by atoms with van der Waals surface area (Å²) in [6, 6.07) is 0. The first-order valence-corrected chi connectivity index (χ1v) is 12.0. The molecule has 0 aliphatic carbocycles. The first kappa shape index (κ1) is 35.0. The van der Waals surface area contributed by atoms with Gasteiger partial charge in [-0.2, -0.15) is 0 Å². The molecule has 0 heterocycles.